The molecule has 2 heterocycles. The van der Waals surface area contributed by atoms with Crippen molar-refractivity contribution in [3.63, 3.8) is 0 Å². The number of nitrogens with zero attached hydrogens (tertiary/aromatic N) is 3. The molecule has 0 bridgehead atoms. The van der Waals surface area contributed by atoms with Crippen molar-refractivity contribution in [2.24, 2.45) is 0 Å². The molecule has 0 atom stereocenters. The highest BCUT2D eigenvalue weighted by Gasteiger charge is 2.38. The van der Waals surface area contributed by atoms with Gasteiger partial charge in [-0.2, -0.15) is 13.2 Å². The maximum atomic E-state index is 12.1. The number of carbonyl (C=O) groups is 2. The molecule has 0 spiro atoms. The molecule has 1 aliphatic carbocycles. The van der Waals surface area contributed by atoms with Crippen LogP contribution in [0.1, 0.15) is 34.3 Å². The van der Waals surface area contributed by atoms with Gasteiger partial charge in [-0.25, -0.2) is 9.78 Å². The maximum Gasteiger partial charge on any atom is 0.490 e. The second-order valence-corrected chi connectivity index (χ2v) is 8.74. The summed E-state index contributed by atoms with van der Waals surface area (Å²) < 4.78 is 31.7. The average Bonchev–Trinajstić information content (AvgIpc) is 3.58. The summed E-state index contributed by atoms with van der Waals surface area (Å²) in [6.07, 6.45) is -1.31. The van der Waals surface area contributed by atoms with Crippen LogP contribution in [-0.4, -0.2) is 65.3 Å². The largest absolute Gasteiger partial charge is 0.490 e. The molecular weight excluding hydrogens is 473 g/mol. The van der Waals surface area contributed by atoms with Gasteiger partial charge in [-0.15, -0.1) is 0 Å². The minimum absolute atomic E-state index is 0.0820. The lowest BCUT2D eigenvalue weighted by molar-refractivity contribution is -0.192. The minimum Gasteiger partial charge on any atom is -0.475 e. The third-order valence-corrected chi connectivity index (χ3v) is 5.68. The van der Waals surface area contributed by atoms with Crippen LogP contribution in [0.5, 0.6) is 0 Å². The van der Waals surface area contributed by atoms with Gasteiger partial charge in [0.2, 0.25) is 0 Å². The Labute approximate surface area is 200 Å². The topological polar surface area (TPSA) is 85.8 Å². The van der Waals surface area contributed by atoms with Gasteiger partial charge >= 0.3 is 12.1 Å². The summed E-state index contributed by atoms with van der Waals surface area (Å²) >= 11 is 6.44. The first-order chi connectivity index (χ1) is 16.0. The molecule has 2 N–H and O–H groups in total. The Hall–Kier alpha value is -2.85. The lowest BCUT2D eigenvalue weighted by Gasteiger charge is -2.35. The normalized spacial score (nSPS) is 16.4. The molecular formula is C23H26ClF3N4O3. The van der Waals surface area contributed by atoms with Crippen LogP contribution in [0.25, 0.3) is 0 Å². The molecule has 1 saturated heterocycles. The van der Waals surface area contributed by atoms with Gasteiger partial charge in [-0.1, -0.05) is 41.4 Å². The van der Waals surface area contributed by atoms with Crippen molar-refractivity contribution >= 4 is 29.3 Å². The molecule has 34 heavy (non-hydrogen) atoms. The van der Waals surface area contributed by atoms with Crippen molar-refractivity contribution in [2.75, 3.05) is 31.1 Å². The average molecular weight is 499 g/mol. The van der Waals surface area contributed by atoms with Gasteiger partial charge in [0.05, 0.1) is 10.6 Å². The van der Waals surface area contributed by atoms with E-state index in [4.69, 9.17) is 21.5 Å². The second kappa shape index (κ2) is 11.1. The summed E-state index contributed by atoms with van der Waals surface area (Å²) in [7, 11) is 0. The lowest BCUT2D eigenvalue weighted by Crippen LogP contribution is -2.46. The maximum absolute atomic E-state index is 12.1. The predicted molar refractivity (Wildman–Crippen MR) is 122 cm³/mol. The van der Waals surface area contributed by atoms with E-state index in [1.54, 1.807) is 12.3 Å². The molecule has 7 nitrogen and oxygen atoms in total. The molecule has 2 fully saturated rings. The monoisotopic (exact) mass is 498 g/mol. The molecule has 1 amide bonds. The highest BCUT2D eigenvalue weighted by atomic mass is 35.5. The molecule has 184 valence electrons. The van der Waals surface area contributed by atoms with Crippen molar-refractivity contribution < 1.29 is 27.9 Å². The van der Waals surface area contributed by atoms with E-state index >= 15 is 0 Å². The molecule has 0 radical (unpaired) electrons. The Bertz CT molecular complexity index is 1020. The van der Waals surface area contributed by atoms with Crippen LogP contribution in [0, 0.1) is 6.92 Å². The fraction of sp³-hybridized carbons (Fsp3) is 0.435. The number of carboxylic acid groups (broad SMARTS) is 1. The molecule has 0 unspecified atom stereocenters. The number of nitrogens with one attached hydrogen (secondary N) is 1. The zero-order valence-corrected chi connectivity index (χ0v) is 19.4. The van der Waals surface area contributed by atoms with Crippen LogP contribution in [0.15, 0.2) is 36.5 Å². The number of pyridine rings is 1. The standard InChI is InChI=1S/C21H25ClN4O.C2HF3O2/c1-15-3-2-4-16(11-15)14-25-7-9-26(10-8-25)20-19(22)12-17(13-23-20)21(27)24-18-5-6-18;3-2(4,5)1(6)7/h2-4,11-13,18H,5-10,14H2,1H3,(H,24,27);(H,6,7). The van der Waals surface area contributed by atoms with E-state index in [1.165, 1.54) is 11.1 Å². The van der Waals surface area contributed by atoms with E-state index in [2.05, 4.69) is 51.3 Å². The van der Waals surface area contributed by atoms with Crippen LogP contribution in [0.3, 0.4) is 0 Å². The molecule has 1 saturated carbocycles. The zero-order chi connectivity index (χ0) is 24.9. The molecule has 2 aromatic rings. The van der Waals surface area contributed by atoms with Gasteiger partial charge in [0.15, 0.2) is 0 Å². The molecule has 1 aromatic carbocycles. The van der Waals surface area contributed by atoms with Gasteiger partial charge in [-0.3, -0.25) is 9.69 Å². The number of amides is 1. The van der Waals surface area contributed by atoms with Gasteiger partial charge in [0.1, 0.15) is 5.82 Å². The Morgan fingerprint density at radius 1 is 1.18 bits per heavy atom. The van der Waals surface area contributed by atoms with E-state index in [9.17, 15) is 18.0 Å². The smallest absolute Gasteiger partial charge is 0.475 e. The lowest BCUT2D eigenvalue weighted by atomic mass is 10.1. The Morgan fingerprint density at radius 2 is 1.82 bits per heavy atom. The van der Waals surface area contributed by atoms with E-state index < -0.39 is 12.1 Å². The number of aliphatic carboxylic acids is 1. The molecule has 4 rings (SSSR count). The third-order valence-electron chi connectivity index (χ3n) is 5.40. The number of aromatic nitrogens is 1. The summed E-state index contributed by atoms with van der Waals surface area (Å²) in [6, 6.07) is 10.7. The first kappa shape index (κ1) is 25.8. The number of hydrogen-bond acceptors (Lipinski definition) is 5. The number of carbonyl (C=O) groups excluding carboxylic acids is 1. The number of hydrogen-bond donors (Lipinski definition) is 2. The Balaban J connectivity index is 0.000000406. The van der Waals surface area contributed by atoms with E-state index in [0.29, 0.717) is 16.6 Å². The summed E-state index contributed by atoms with van der Waals surface area (Å²) in [4.78, 5) is 30.2. The van der Waals surface area contributed by atoms with E-state index in [0.717, 1.165) is 51.4 Å². The van der Waals surface area contributed by atoms with Crippen molar-refractivity contribution in [3.8, 4) is 0 Å². The molecule has 11 heteroatoms. The Morgan fingerprint density at radius 3 is 2.35 bits per heavy atom. The van der Waals surface area contributed by atoms with Crippen LogP contribution in [-0.2, 0) is 11.3 Å². The first-order valence-electron chi connectivity index (χ1n) is 10.8. The van der Waals surface area contributed by atoms with Gasteiger partial charge in [-0.05, 0) is 31.4 Å². The fourth-order valence-electron chi connectivity index (χ4n) is 3.47. The number of rotatable bonds is 5. The molecule has 1 aliphatic heterocycles. The SMILES string of the molecule is Cc1cccc(CN2CCN(c3ncc(C(=O)NC4CC4)cc3Cl)CC2)c1.O=C(O)C(F)(F)F. The number of anilines is 1. The number of aryl methyl sites for hydroxylation is 1. The summed E-state index contributed by atoms with van der Waals surface area (Å²) in [6.45, 7) is 6.80. The molecule has 2 aliphatic rings. The van der Waals surface area contributed by atoms with Crippen LogP contribution >= 0.6 is 11.6 Å². The highest BCUT2D eigenvalue weighted by molar-refractivity contribution is 6.33. The van der Waals surface area contributed by atoms with Gasteiger partial charge in [0.25, 0.3) is 5.91 Å². The van der Waals surface area contributed by atoms with Crippen LogP contribution in [0.2, 0.25) is 5.02 Å². The zero-order valence-electron chi connectivity index (χ0n) is 18.6. The number of benzene rings is 1. The van der Waals surface area contributed by atoms with Gasteiger partial charge < -0.3 is 15.3 Å². The number of halogens is 4. The van der Waals surface area contributed by atoms with E-state index in [-0.39, 0.29) is 5.91 Å². The second-order valence-electron chi connectivity index (χ2n) is 8.33. The van der Waals surface area contributed by atoms with Gasteiger partial charge in [0, 0.05) is 45.0 Å². The van der Waals surface area contributed by atoms with Crippen molar-refractivity contribution in [3.05, 3.63) is 58.2 Å². The molecule has 1 aromatic heterocycles. The summed E-state index contributed by atoms with van der Waals surface area (Å²) in [5, 5.41) is 10.6. The van der Waals surface area contributed by atoms with E-state index in [1.807, 2.05) is 0 Å². The van der Waals surface area contributed by atoms with Crippen molar-refractivity contribution in [1.82, 2.24) is 15.2 Å². The Kier molecular flexibility index (Phi) is 8.37. The van der Waals surface area contributed by atoms with Crippen molar-refractivity contribution in [1.29, 1.82) is 0 Å². The van der Waals surface area contributed by atoms with Crippen LogP contribution in [0.4, 0.5) is 19.0 Å². The summed E-state index contributed by atoms with van der Waals surface area (Å²) in [5.41, 5.74) is 3.19. The quantitative estimate of drug-likeness (QED) is 0.650. The minimum atomic E-state index is -5.08. The number of alkyl halides is 3. The number of carboxylic acids is 1. The highest BCUT2D eigenvalue weighted by Crippen LogP contribution is 2.26. The van der Waals surface area contributed by atoms with Crippen LogP contribution < -0.4 is 10.2 Å². The third kappa shape index (κ3) is 7.59. The number of piperazine rings is 1. The predicted octanol–water partition coefficient (Wildman–Crippen LogP) is 3.89. The van der Waals surface area contributed by atoms with Crippen molar-refractivity contribution in [2.45, 2.75) is 38.5 Å². The summed E-state index contributed by atoms with van der Waals surface area (Å²) in [5.74, 6) is -2.07. The first-order valence-corrected chi connectivity index (χ1v) is 11.2. The fourth-order valence-corrected chi connectivity index (χ4v) is 3.76.